The van der Waals surface area contributed by atoms with Crippen LogP contribution < -0.4 is 0 Å². The zero-order valence-corrected chi connectivity index (χ0v) is 8.20. The molecule has 2 heterocycles. The van der Waals surface area contributed by atoms with Crippen LogP contribution in [0.15, 0.2) is 24.5 Å². The summed E-state index contributed by atoms with van der Waals surface area (Å²) >= 11 is 0. The molecular formula is C10H14N4. The van der Waals surface area contributed by atoms with E-state index in [0.717, 1.165) is 12.8 Å². The first kappa shape index (κ1) is 8.99. The minimum absolute atomic E-state index is 0.498. The van der Waals surface area contributed by atoms with Gasteiger partial charge in [0, 0.05) is 29.7 Å². The number of rotatable bonds is 4. The van der Waals surface area contributed by atoms with Gasteiger partial charge in [-0.2, -0.15) is 10.2 Å². The van der Waals surface area contributed by atoms with Gasteiger partial charge in [-0.25, -0.2) is 0 Å². The predicted octanol–water partition coefficient (Wildman–Crippen LogP) is 1.87. The van der Waals surface area contributed by atoms with E-state index in [1.807, 2.05) is 12.1 Å². The van der Waals surface area contributed by atoms with E-state index >= 15 is 0 Å². The Bertz CT molecular complexity index is 349. The lowest BCUT2D eigenvalue weighted by Gasteiger charge is -2.10. The van der Waals surface area contributed by atoms with Crippen LogP contribution in [0, 0.1) is 0 Å². The number of aromatic amines is 2. The van der Waals surface area contributed by atoms with Gasteiger partial charge in [0.2, 0.25) is 0 Å². The molecule has 2 N–H and O–H groups in total. The molecule has 2 aromatic rings. The van der Waals surface area contributed by atoms with E-state index in [2.05, 4.69) is 27.3 Å². The third-order valence-corrected chi connectivity index (χ3v) is 2.48. The summed E-state index contributed by atoms with van der Waals surface area (Å²) in [6.07, 6.45) is 5.67. The Balaban J connectivity index is 2.08. The molecule has 1 unspecified atom stereocenters. The van der Waals surface area contributed by atoms with Crippen molar-refractivity contribution in [3.8, 4) is 0 Å². The molecule has 0 saturated carbocycles. The molecular weight excluding hydrogens is 176 g/mol. The van der Waals surface area contributed by atoms with Crippen LogP contribution in [0.25, 0.3) is 0 Å². The van der Waals surface area contributed by atoms with Crippen molar-refractivity contribution in [1.29, 1.82) is 0 Å². The van der Waals surface area contributed by atoms with E-state index < -0.39 is 0 Å². The normalized spacial score (nSPS) is 12.9. The second-order valence-corrected chi connectivity index (χ2v) is 3.40. The second-order valence-electron chi connectivity index (χ2n) is 3.40. The van der Waals surface area contributed by atoms with Crippen molar-refractivity contribution in [3.05, 3.63) is 35.9 Å². The smallest absolute Gasteiger partial charge is 0.0490 e. The molecule has 2 rings (SSSR count). The Kier molecular flexibility index (Phi) is 2.62. The van der Waals surface area contributed by atoms with Crippen LogP contribution >= 0.6 is 0 Å². The average Bonchev–Trinajstić information content (AvgIpc) is 2.86. The summed E-state index contributed by atoms with van der Waals surface area (Å²) in [6, 6.07) is 4.05. The maximum Gasteiger partial charge on any atom is 0.0490 e. The Morgan fingerprint density at radius 3 is 2.57 bits per heavy atom. The van der Waals surface area contributed by atoms with E-state index in [0.29, 0.717) is 5.92 Å². The molecule has 2 aromatic heterocycles. The van der Waals surface area contributed by atoms with E-state index in [1.165, 1.54) is 11.4 Å². The highest BCUT2D eigenvalue weighted by atomic mass is 15.1. The van der Waals surface area contributed by atoms with Crippen LogP contribution in [0.3, 0.4) is 0 Å². The summed E-state index contributed by atoms with van der Waals surface area (Å²) in [5.74, 6) is 0.498. The number of nitrogens with zero attached hydrogens (tertiary/aromatic N) is 2. The van der Waals surface area contributed by atoms with Crippen LogP contribution in [-0.4, -0.2) is 20.4 Å². The third-order valence-electron chi connectivity index (χ3n) is 2.48. The molecule has 1 atom stereocenters. The van der Waals surface area contributed by atoms with E-state index in [4.69, 9.17) is 0 Å². The molecule has 0 aromatic carbocycles. The van der Waals surface area contributed by atoms with Gasteiger partial charge in [-0.15, -0.1) is 0 Å². The molecule has 0 radical (unpaired) electrons. The van der Waals surface area contributed by atoms with Gasteiger partial charge in [-0.1, -0.05) is 6.92 Å². The standard InChI is InChI=1S/C10H14N4/c1-2-8(10-4-6-12-14-10)7-9-3-5-11-13-9/h3-6,8H,2,7H2,1H3,(H,11,13)(H,12,14). The van der Waals surface area contributed by atoms with Crippen molar-refractivity contribution in [2.75, 3.05) is 0 Å². The number of nitrogens with one attached hydrogen (secondary N) is 2. The highest BCUT2D eigenvalue weighted by molar-refractivity contribution is 5.10. The maximum absolute atomic E-state index is 3.97. The number of hydrogen-bond acceptors (Lipinski definition) is 2. The monoisotopic (exact) mass is 190 g/mol. The van der Waals surface area contributed by atoms with Gasteiger partial charge in [0.05, 0.1) is 0 Å². The SMILES string of the molecule is CCC(Cc1ccn[nH]1)c1ccn[nH]1. The van der Waals surface area contributed by atoms with Gasteiger partial charge in [-0.3, -0.25) is 10.2 Å². The van der Waals surface area contributed by atoms with Crippen molar-refractivity contribution in [2.45, 2.75) is 25.7 Å². The first-order chi connectivity index (χ1) is 6.90. The molecule has 14 heavy (non-hydrogen) atoms. The Hall–Kier alpha value is -1.58. The summed E-state index contributed by atoms with van der Waals surface area (Å²) in [6.45, 7) is 2.18. The topological polar surface area (TPSA) is 57.4 Å². The average molecular weight is 190 g/mol. The molecule has 0 spiro atoms. The molecule has 74 valence electrons. The van der Waals surface area contributed by atoms with Crippen molar-refractivity contribution in [3.63, 3.8) is 0 Å². The molecule has 0 aliphatic carbocycles. The number of H-pyrrole nitrogens is 2. The predicted molar refractivity (Wildman–Crippen MR) is 53.9 cm³/mol. The highest BCUT2D eigenvalue weighted by Crippen LogP contribution is 2.20. The Labute approximate surface area is 82.7 Å². The van der Waals surface area contributed by atoms with E-state index in [9.17, 15) is 0 Å². The molecule has 0 aliphatic heterocycles. The van der Waals surface area contributed by atoms with Gasteiger partial charge in [0.25, 0.3) is 0 Å². The summed E-state index contributed by atoms with van der Waals surface area (Å²) in [4.78, 5) is 0. The molecule has 4 nitrogen and oxygen atoms in total. The van der Waals surface area contributed by atoms with Gasteiger partial charge >= 0.3 is 0 Å². The molecule has 4 heteroatoms. The summed E-state index contributed by atoms with van der Waals surface area (Å²) < 4.78 is 0. The first-order valence-corrected chi connectivity index (χ1v) is 4.87. The highest BCUT2D eigenvalue weighted by Gasteiger charge is 2.11. The zero-order valence-electron chi connectivity index (χ0n) is 8.20. The molecule has 0 fully saturated rings. The fourth-order valence-electron chi connectivity index (χ4n) is 1.63. The second kappa shape index (κ2) is 4.09. The fraction of sp³-hybridized carbons (Fsp3) is 0.400. The zero-order chi connectivity index (χ0) is 9.80. The maximum atomic E-state index is 3.97. The lowest BCUT2D eigenvalue weighted by Crippen LogP contribution is -2.02. The molecule has 0 bridgehead atoms. The van der Waals surface area contributed by atoms with Crippen LogP contribution in [-0.2, 0) is 6.42 Å². The lowest BCUT2D eigenvalue weighted by atomic mass is 9.97. The Morgan fingerprint density at radius 1 is 1.21 bits per heavy atom. The number of hydrogen-bond donors (Lipinski definition) is 2. The van der Waals surface area contributed by atoms with Gasteiger partial charge in [0.15, 0.2) is 0 Å². The summed E-state index contributed by atoms with van der Waals surface area (Å²) in [5.41, 5.74) is 2.37. The fourth-order valence-corrected chi connectivity index (χ4v) is 1.63. The first-order valence-electron chi connectivity index (χ1n) is 4.87. The van der Waals surface area contributed by atoms with Gasteiger partial charge < -0.3 is 0 Å². The summed E-state index contributed by atoms with van der Waals surface area (Å²) in [7, 11) is 0. The summed E-state index contributed by atoms with van der Waals surface area (Å²) in [5, 5.41) is 13.9. The molecule has 0 aliphatic rings. The van der Waals surface area contributed by atoms with Crippen LogP contribution in [0.2, 0.25) is 0 Å². The minimum atomic E-state index is 0.498. The van der Waals surface area contributed by atoms with Gasteiger partial charge in [0.1, 0.15) is 0 Å². The van der Waals surface area contributed by atoms with Crippen LogP contribution in [0.1, 0.15) is 30.7 Å². The molecule has 0 saturated heterocycles. The van der Waals surface area contributed by atoms with E-state index in [1.54, 1.807) is 12.4 Å². The Morgan fingerprint density at radius 2 is 2.00 bits per heavy atom. The van der Waals surface area contributed by atoms with Gasteiger partial charge in [-0.05, 0) is 25.0 Å². The molecule has 0 amide bonds. The van der Waals surface area contributed by atoms with Crippen LogP contribution in [0.4, 0.5) is 0 Å². The van der Waals surface area contributed by atoms with Crippen molar-refractivity contribution in [1.82, 2.24) is 20.4 Å². The van der Waals surface area contributed by atoms with Crippen molar-refractivity contribution in [2.24, 2.45) is 0 Å². The third kappa shape index (κ3) is 1.84. The van der Waals surface area contributed by atoms with Crippen molar-refractivity contribution >= 4 is 0 Å². The van der Waals surface area contributed by atoms with Crippen molar-refractivity contribution < 1.29 is 0 Å². The quantitative estimate of drug-likeness (QED) is 0.773. The largest absolute Gasteiger partial charge is 0.283 e. The van der Waals surface area contributed by atoms with E-state index in [-0.39, 0.29) is 0 Å². The number of aromatic nitrogens is 4. The minimum Gasteiger partial charge on any atom is -0.283 e. The van der Waals surface area contributed by atoms with Crippen LogP contribution in [0.5, 0.6) is 0 Å². The lowest BCUT2D eigenvalue weighted by molar-refractivity contribution is 0.627.